The number of aliphatic hydroxyl groups is 1. The van der Waals surface area contributed by atoms with E-state index in [-0.39, 0.29) is 23.8 Å². The second kappa shape index (κ2) is 6.30. The molecule has 2 rings (SSSR count). The Bertz CT molecular complexity index is 524. The van der Waals surface area contributed by atoms with Gasteiger partial charge in [-0.25, -0.2) is 9.18 Å². The molecule has 0 aliphatic heterocycles. The van der Waals surface area contributed by atoms with Crippen molar-refractivity contribution < 1.29 is 19.0 Å². The predicted molar refractivity (Wildman–Crippen MR) is 77.9 cm³/mol. The van der Waals surface area contributed by atoms with Gasteiger partial charge in [0.25, 0.3) is 0 Å². The quantitative estimate of drug-likeness (QED) is 0.799. The summed E-state index contributed by atoms with van der Waals surface area (Å²) in [5, 5.41) is 14.8. The van der Waals surface area contributed by atoms with Crippen molar-refractivity contribution in [2.24, 2.45) is 5.41 Å². The van der Waals surface area contributed by atoms with Gasteiger partial charge in [0.2, 0.25) is 0 Å². The summed E-state index contributed by atoms with van der Waals surface area (Å²) < 4.78 is 18.7. The first-order valence-electron chi connectivity index (χ1n) is 7.00. The minimum atomic E-state index is -0.526. The molecule has 2 amide bonds. The Balaban J connectivity index is 2.02. The number of nitrogens with one attached hydrogen (secondary N) is 2. The van der Waals surface area contributed by atoms with Crippen LogP contribution < -0.4 is 15.4 Å². The van der Waals surface area contributed by atoms with Gasteiger partial charge in [0.05, 0.1) is 19.4 Å². The van der Waals surface area contributed by atoms with Gasteiger partial charge < -0.3 is 20.5 Å². The summed E-state index contributed by atoms with van der Waals surface area (Å²) in [5.41, 5.74) is -0.250. The summed E-state index contributed by atoms with van der Waals surface area (Å²) in [4.78, 5) is 12.0. The molecule has 1 aromatic rings. The molecular weight excluding hydrogens is 275 g/mol. The second-order valence-corrected chi connectivity index (χ2v) is 5.70. The molecule has 21 heavy (non-hydrogen) atoms. The Hall–Kier alpha value is -1.82. The highest BCUT2D eigenvalue weighted by Crippen LogP contribution is 2.37. The minimum absolute atomic E-state index is 0.0193. The number of amides is 2. The topological polar surface area (TPSA) is 70.6 Å². The summed E-state index contributed by atoms with van der Waals surface area (Å²) in [5.74, 6) is -0.0601. The van der Waals surface area contributed by atoms with Crippen LogP contribution in [0.1, 0.15) is 26.2 Å². The van der Waals surface area contributed by atoms with Crippen LogP contribution in [0.3, 0.4) is 0 Å². The average molecular weight is 296 g/mol. The zero-order chi connectivity index (χ0) is 15.5. The largest absolute Gasteiger partial charge is 0.497 e. The van der Waals surface area contributed by atoms with E-state index in [0.717, 1.165) is 19.3 Å². The lowest BCUT2D eigenvalue weighted by Crippen LogP contribution is -2.46. The van der Waals surface area contributed by atoms with Crippen LogP contribution in [0.25, 0.3) is 0 Å². The van der Waals surface area contributed by atoms with E-state index in [1.54, 1.807) is 0 Å². The molecule has 0 aromatic heterocycles. The molecule has 0 bridgehead atoms. The maximum atomic E-state index is 13.7. The molecule has 0 heterocycles. The molecule has 1 fully saturated rings. The summed E-state index contributed by atoms with van der Waals surface area (Å²) in [6.07, 6.45) is 2.63. The van der Waals surface area contributed by atoms with Gasteiger partial charge in [-0.2, -0.15) is 0 Å². The van der Waals surface area contributed by atoms with Crippen molar-refractivity contribution in [2.75, 3.05) is 19.0 Å². The number of carbonyl (C=O) groups is 1. The van der Waals surface area contributed by atoms with Crippen LogP contribution in [-0.2, 0) is 0 Å². The number of rotatable bonds is 4. The molecule has 6 heteroatoms. The monoisotopic (exact) mass is 296 g/mol. The fraction of sp³-hybridized carbons (Fsp3) is 0.533. The van der Waals surface area contributed by atoms with Gasteiger partial charge in [-0.15, -0.1) is 0 Å². The predicted octanol–water partition coefficient (Wildman–Crippen LogP) is 2.51. The zero-order valence-corrected chi connectivity index (χ0v) is 12.3. The number of methoxy groups -OCH3 is 1. The fourth-order valence-electron chi connectivity index (χ4n) is 2.71. The molecule has 0 radical (unpaired) electrons. The number of aliphatic hydroxyl groups excluding tert-OH is 1. The van der Waals surface area contributed by atoms with Gasteiger partial charge in [-0.3, -0.25) is 0 Å². The Morgan fingerprint density at radius 1 is 1.57 bits per heavy atom. The number of benzene rings is 1. The lowest BCUT2D eigenvalue weighted by Gasteiger charge is -2.30. The molecule has 2 atom stereocenters. The zero-order valence-electron chi connectivity index (χ0n) is 12.3. The summed E-state index contributed by atoms with van der Waals surface area (Å²) in [7, 11) is 1.47. The summed E-state index contributed by atoms with van der Waals surface area (Å²) in [6, 6.07) is 3.56. The van der Waals surface area contributed by atoms with Gasteiger partial charge >= 0.3 is 6.03 Å². The van der Waals surface area contributed by atoms with E-state index in [1.807, 2.05) is 6.92 Å². The molecule has 2 unspecified atom stereocenters. The van der Waals surface area contributed by atoms with Gasteiger partial charge in [-0.05, 0) is 25.0 Å². The van der Waals surface area contributed by atoms with Crippen LogP contribution in [0.2, 0.25) is 0 Å². The van der Waals surface area contributed by atoms with Crippen LogP contribution in [0.5, 0.6) is 5.75 Å². The van der Waals surface area contributed by atoms with Crippen LogP contribution in [0.4, 0.5) is 14.9 Å². The standard InChI is InChI=1S/C15H21FN2O3/c1-15(9-19)7-3-4-13(15)18-14(20)17-12-8-10(21-2)5-6-11(12)16/h5-6,8,13,19H,3-4,7,9H2,1-2H3,(H2,17,18,20). The molecule has 5 nitrogen and oxygen atoms in total. The molecule has 0 spiro atoms. The molecule has 1 aliphatic rings. The van der Waals surface area contributed by atoms with E-state index in [2.05, 4.69) is 10.6 Å². The normalized spacial score (nSPS) is 24.7. The molecule has 0 saturated heterocycles. The van der Waals surface area contributed by atoms with E-state index >= 15 is 0 Å². The highest BCUT2D eigenvalue weighted by molar-refractivity contribution is 5.89. The number of hydrogen-bond donors (Lipinski definition) is 3. The number of ether oxygens (including phenoxy) is 1. The van der Waals surface area contributed by atoms with Crippen molar-refractivity contribution in [1.82, 2.24) is 5.32 Å². The minimum Gasteiger partial charge on any atom is -0.497 e. The molecule has 3 N–H and O–H groups in total. The maximum Gasteiger partial charge on any atom is 0.319 e. The fourth-order valence-corrected chi connectivity index (χ4v) is 2.71. The molecule has 1 aromatic carbocycles. The Morgan fingerprint density at radius 2 is 2.33 bits per heavy atom. The van der Waals surface area contributed by atoms with E-state index in [9.17, 15) is 14.3 Å². The summed E-state index contributed by atoms with van der Waals surface area (Å²) in [6.45, 7) is 1.96. The first-order valence-corrected chi connectivity index (χ1v) is 7.00. The third kappa shape index (κ3) is 3.44. The van der Waals surface area contributed by atoms with Crippen molar-refractivity contribution in [3.05, 3.63) is 24.0 Å². The Morgan fingerprint density at radius 3 is 3.00 bits per heavy atom. The molecule has 1 aliphatic carbocycles. The third-order valence-corrected chi connectivity index (χ3v) is 4.17. The number of halogens is 1. The Labute approximate surface area is 123 Å². The highest BCUT2D eigenvalue weighted by atomic mass is 19.1. The van der Waals surface area contributed by atoms with Crippen molar-refractivity contribution in [3.63, 3.8) is 0 Å². The van der Waals surface area contributed by atoms with E-state index in [1.165, 1.54) is 25.3 Å². The number of urea groups is 1. The highest BCUT2D eigenvalue weighted by Gasteiger charge is 2.39. The van der Waals surface area contributed by atoms with Crippen molar-refractivity contribution in [1.29, 1.82) is 0 Å². The lowest BCUT2D eigenvalue weighted by molar-refractivity contribution is 0.122. The third-order valence-electron chi connectivity index (χ3n) is 4.17. The number of carbonyl (C=O) groups excluding carboxylic acids is 1. The first-order chi connectivity index (χ1) is 9.98. The number of anilines is 1. The lowest BCUT2D eigenvalue weighted by atomic mass is 9.86. The molecule has 1 saturated carbocycles. The van der Waals surface area contributed by atoms with Crippen LogP contribution >= 0.6 is 0 Å². The molecule has 116 valence electrons. The van der Waals surface area contributed by atoms with Gasteiger partial charge in [0.1, 0.15) is 11.6 Å². The van der Waals surface area contributed by atoms with E-state index in [0.29, 0.717) is 5.75 Å². The van der Waals surface area contributed by atoms with Crippen molar-refractivity contribution >= 4 is 11.7 Å². The smallest absolute Gasteiger partial charge is 0.319 e. The van der Waals surface area contributed by atoms with Gasteiger partial charge in [0.15, 0.2) is 0 Å². The van der Waals surface area contributed by atoms with Crippen LogP contribution in [0.15, 0.2) is 18.2 Å². The first kappa shape index (κ1) is 15.6. The van der Waals surface area contributed by atoms with Crippen molar-refractivity contribution in [3.8, 4) is 5.75 Å². The van der Waals surface area contributed by atoms with E-state index < -0.39 is 11.8 Å². The number of hydrogen-bond acceptors (Lipinski definition) is 3. The SMILES string of the molecule is COc1ccc(F)c(NC(=O)NC2CCCC2(C)CO)c1. The second-order valence-electron chi connectivity index (χ2n) is 5.70. The van der Waals surface area contributed by atoms with Gasteiger partial charge in [-0.1, -0.05) is 13.3 Å². The molecular formula is C15H21FN2O3. The van der Waals surface area contributed by atoms with Gasteiger partial charge in [0, 0.05) is 17.5 Å². The van der Waals surface area contributed by atoms with Crippen molar-refractivity contribution in [2.45, 2.75) is 32.2 Å². The van der Waals surface area contributed by atoms with E-state index in [4.69, 9.17) is 4.74 Å². The maximum absolute atomic E-state index is 13.7. The average Bonchev–Trinajstić information content (AvgIpc) is 2.83. The summed E-state index contributed by atoms with van der Waals surface area (Å²) >= 11 is 0. The van der Waals surface area contributed by atoms with Crippen LogP contribution in [0, 0.1) is 11.2 Å². The Kier molecular flexibility index (Phi) is 4.67. The van der Waals surface area contributed by atoms with Crippen LogP contribution in [-0.4, -0.2) is 30.9 Å².